The molecule has 12 rings (SSSR count). The van der Waals surface area contributed by atoms with Gasteiger partial charge in [0.25, 0.3) is 0 Å². The van der Waals surface area contributed by atoms with E-state index in [1.165, 1.54) is 88.3 Å². The second-order valence-corrected chi connectivity index (χ2v) is 18.2. The second kappa shape index (κ2) is 13.5. The Bertz CT molecular complexity index is 3220. The third kappa shape index (κ3) is 5.56. The summed E-state index contributed by atoms with van der Waals surface area (Å²) >= 11 is 0. The molecule has 0 radical (unpaired) electrons. The highest BCUT2D eigenvalue weighted by Gasteiger charge is 2.38. The predicted molar refractivity (Wildman–Crippen MR) is 259 cm³/mol. The van der Waals surface area contributed by atoms with Gasteiger partial charge in [0.1, 0.15) is 0 Å². The molecule has 2 aliphatic rings. The molecular formula is C60H44N2. The van der Waals surface area contributed by atoms with Crippen molar-refractivity contribution in [2.24, 2.45) is 0 Å². The molecule has 294 valence electrons. The Kier molecular flexibility index (Phi) is 7.96. The van der Waals surface area contributed by atoms with E-state index in [4.69, 9.17) is 9.97 Å². The van der Waals surface area contributed by atoms with Gasteiger partial charge in [-0.15, -0.1) is 0 Å². The van der Waals surface area contributed by atoms with E-state index in [9.17, 15) is 0 Å². The molecule has 1 heterocycles. The monoisotopic (exact) mass is 792 g/mol. The number of fused-ring (bicyclic) bond motifs is 8. The molecule has 0 unspecified atom stereocenters. The van der Waals surface area contributed by atoms with Gasteiger partial charge in [-0.05, 0) is 119 Å². The number of rotatable bonds is 5. The molecular weight excluding hydrogens is 749 g/mol. The molecule has 1 aromatic heterocycles. The third-order valence-corrected chi connectivity index (χ3v) is 13.9. The van der Waals surface area contributed by atoms with Crippen LogP contribution in [0.5, 0.6) is 0 Å². The molecule has 10 aromatic rings. The first-order chi connectivity index (χ1) is 30.2. The average molecular weight is 793 g/mol. The lowest BCUT2D eigenvalue weighted by molar-refractivity contribution is 0.661. The number of benzene rings is 9. The van der Waals surface area contributed by atoms with Crippen molar-refractivity contribution in [1.82, 2.24) is 9.97 Å². The van der Waals surface area contributed by atoms with Crippen molar-refractivity contribution in [2.45, 2.75) is 38.5 Å². The summed E-state index contributed by atoms with van der Waals surface area (Å²) in [6.45, 7) is 9.44. The molecule has 0 N–H and O–H groups in total. The maximum Gasteiger partial charge on any atom is 0.160 e. The molecule has 2 heteroatoms. The van der Waals surface area contributed by atoms with Crippen molar-refractivity contribution in [1.29, 1.82) is 0 Å². The Morgan fingerprint density at radius 3 is 1.11 bits per heavy atom. The summed E-state index contributed by atoms with van der Waals surface area (Å²) in [5, 5.41) is 5.12. The van der Waals surface area contributed by atoms with Crippen LogP contribution in [-0.4, -0.2) is 9.97 Å². The van der Waals surface area contributed by atoms with Gasteiger partial charge < -0.3 is 0 Å². The highest BCUT2D eigenvalue weighted by molar-refractivity contribution is 6.00. The van der Waals surface area contributed by atoms with Gasteiger partial charge in [0, 0.05) is 27.5 Å². The quantitative estimate of drug-likeness (QED) is 0.173. The summed E-state index contributed by atoms with van der Waals surface area (Å²) < 4.78 is 0. The predicted octanol–water partition coefficient (Wildman–Crippen LogP) is 15.7. The molecule has 62 heavy (non-hydrogen) atoms. The molecule has 2 nitrogen and oxygen atoms in total. The van der Waals surface area contributed by atoms with Gasteiger partial charge in [-0.3, -0.25) is 0 Å². The van der Waals surface area contributed by atoms with Gasteiger partial charge >= 0.3 is 0 Å². The van der Waals surface area contributed by atoms with E-state index < -0.39 is 0 Å². The molecule has 0 bridgehead atoms. The van der Waals surface area contributed by atoms with Crippen LogP contribution in [0.4, 0.5) is 0 Å². The summed E-state index contributed by atoms with van der Waals surface area (Å²) in [5.41, 5.74) is 20.5. The van der Waals surface area contributed by atoms with Gasteiger partial charge in [-0.2, -0.15) is 0 Å². The van der Waals surface area contributed by atoms with Gasteiger partial charge in [0.15, 0.2) is 5.82 Å². The Hall–Kier alpha value is -7.42. The van der Waals surface area contributed by atoms with E-state index in [1.54, 1.807) is 0 Å². The van der Waals surface area contributed by atoms with Crippen LogP contribution >= 0.6 is 0 Å². The molecule has 0 saturated carbocycles. The molecule has 0 spiro atoms. The van der Waals surface area contributed by atoms with Crippen molar-refractivity contribution in [3.63, 3.8) is 0 Å². The van der Waals surface area contributed by atoms with Crippen LogP contribution in [0.1, 0.15) is 49.9 Å². The molecule has 2 aliphatic carbocycles. The highest BCUT2D eigenvalue weighted by atomic mass is 14.9. The summed E-state index contributed by atoms with van der Waals surface area (Å²) in [6.07, 6.45) is 0. The van der Waals surface area contributed by atoms with Crippen LogP contribution in [0.15, 0.2) is 194 Å². The lowest BCUT2D eigenvalue weighted by atomic mass is 9.81. The van der Waals surface area contributed by atoms with Crippen LogP contribution < -0.4 is 0 Å². The van der Waals surface area contributed by atoms with Gasteiger partial charge in [0.2, 0.25) is 0 Å². The van der Waals surface area contributed by atoms with Crippen LogP contribution in [0.25, 0.3) is 100.0 Å². The van der Waals surface area contributed by atoms with Gasteiger partial charge in [-0.1, -0.05) is 191 Å². The molecule has 0 amide bonds. The standard InChI is InChI=1S/C60H44N2/c1-59(2)50-22-12-20-46(56(50)48-32-42-16-8-10-18-44(42)34-52(48)59)37-24-28-39(29-25-37)54-36-55(62-58(61-54)41-14-6-5-7-15-41)40-30-26-38(27-31-40)47-21-13-23-51-57(47)49-33-43-17-9-11-19-45(43)35-53(49)60(51,3)4/h5-36H,1-4H3. The zero-order valence-corrected chi connectivity index (χ0v) is 35.4. The number of nitrogens with zero attached hydrogens (tertiary/aromatic N) is 2. The minimum Gasteiger partial charge on any atom is -0.228 e. The summed E-state index contributed by atoms with van der Waals surface area (Å²) in [7, 11) is 0. The second-order valence-electron chi connectivity index (χ2n) is 18.2. The highest BCUT2D eigenvalue weighted by Crippen LogP contribution is 2.54. The van der Waals surface area contributed by atoms with E-state index in [-0.39, 0.29) is 10.8 Å². The van der Waals surface area contributed by atoms with Gasteiger partial charge in [-0.25, -0.2) is 9.97 Å². The molecule has 0 saturated heterocycles. The van der Waals surface area contributed by atoms with E-state index in [0.29, 0.717) is 5.82 Å². The first-order valence-corrected chi connectivity index (χ1v) is 21.7. The zero-order valence-electron chi connectivity index (χ0n) is 35.4. The van der Waals surface area contributed by atoms with E-state index in [2.05, 4.69) is 216 Å². The summed E-state index contributed by atoms with van der Waals surface area (Å²) in [6, 6.07) is 71.0. The minimum atomic E-state index is -0.0904. The average Bonchev–Trinajstić information content (AvgIpc) is 3.68. The number of hydrogen-bond acceptors (Lipinski definition) is 2. The Labute approximate surface area is 363 Å². The maximum absolute atomic E-state index is 5.19. The van der Waals surface area contributed by atoms with Crippen molar-refractivity contribution >= 4 is 21.5 Å². The summed E-state index contributed by atoms with van der Waals surface area (Å²) in [4.78, 5) is 10.4. The fraction of sp³-hybridized carbons (Fsp3) is 0.100. The maximum atomic E-state index is 5.19. The topological polar surface area (TPSA) is 25.8 Å². The van der Waals surface area contributed by atoms with Crippen LogP contribution in [0.2, 0.25) is 0 Å². The number of hydrogen-bond donors (Lipinski definition) is 0. The number of aromatic nitrogens is 2. The van der Waals surface area contributed by atoms with E-state index in [0.717, 1.165) is 28.1 Å². The van der Waals surface area contributed by atoms with Crippen molar-refractivity contribution < 1.29 is 0 Å². The van der Waals surface area contributed by atoms with Crippen molar-refractivity contribution in [3.8, 4) is 78.4 Å². The zero-order chi connectivity index (χ0) is 41.7. The fourth-order valence-corrected chi connectivity index (χ4v) is 10.5. The summed E-state index contributed by atoms with van der Waals surface area (Å²) in [5.74, 6) is 0.713. The van der Waals surface area contributed by atoms with E-state index in [1.807, 2.05) is 6.07 Å². The third-order valence-electron chi connectivity index (χ3n) is 13.9. The minimum absolute atomic E-state index is 0.0904. The Morgan fingerprint density at radius 2 is 0.677 bits per heavy atom. The van der Waals surface area contributed by atoms with Crippen molar-refractivity contribution in [2.75, 3.05) is 0 Å². The van der Waals surface area contributed by atoms with Crippen LogP contribution in [0, 0.1) is 0 Å². The molecule has 0 atom stereocenters. The smallest absolute Gasteiger partial charge is 0.160 e. The Morgan fingerprint density at radius 1 is 0.290 bits per heavy atom. The fourth-order valence-electron chi connectivity index (χ4n) is 10.5. The lowest BCUT2D eigenvalue weighted by Crippen LogP contribution is -2.14. The molecule has 0 aliphatic heterocycles. The van der Waals surface area contributed by atoms with Crippen LogP contribution in [-0.2, 0) is 10.8 Å². The first kappa shape index (κ1) is 36.4. The lowest BCUT2D eigenvalue weighted by Gasteiger charge is -2.22. The molecule has 0 fully saturated rings. The van der Waals surface area contributed by atoms with Crippen LogP contribution in [0.3, 0.4) is 0 Å². The molecule has 9 aromatic carbocycles. The SMILES string of the molecule is CC1(C)c2cc3ccccc3cc2-c2c(-c3ccc(-c4cc(-c5ccc(-c6cccc7c6-c6cc8ccccc8cc6C7(C)C)cc5)nc(-c5ccccc5)n4)cc3)cccc21. The Balaban J connectivity index is 0.927. The van der Waals surface area contributed by atoms with Gasteiger partial charge in [0.05, 0.1) is 11.4 Å². The normalized spacial score (nSPS) is 14.1. The largest absolute Gasteiger partial charge is 0.228 e. The first-order valence-electron chi connectivity index (χ1n) is 21.7. The van der Waals surface area contributed by atoms with E-state index >= 15 is 0 Å². The van der Waals surface area contributed by atoms with Crippen molar-refractivity contribution in [3.05, 3.63) is 216 Å².